The van der Waals surface area contributed by atoms with Crippen molar-refractivity contribution in [1.29, 1.82) is 0 Å². The fourth-order valence-electron chi connectivity index (χ4n) is 3.22. The highest BCUT2D eigenvalue weighted by molar-refractivity contribution is 5.77. The highest BCUT2D eigenvalue weighted by Gasteiger charge is 2.23. The molecule has 0 saturated carbocycles. The lowest BCUT2D eigenvalue weighted by Crippen LogP contribution is -2.29. The Kier molecular flexibility index (Phi) is 4.96. The van der Waals surface area contributed by atoms with E-state index in [1.54, 1.807) is 0 Å². The molecule has 120 valence electrons. The SMILES string of the molecule is Cc1ccccc1OCCNC(=O)CC1CCc2ccccc21. The van der Waals surface area contributed by atoms with Crippen LogP contribution in [-0.2, 0) is 11.2 Å². The van der Waals surface area contributed by atoms with Crippen molar-refractivity contribution in [3.8, 4) is 5.75 Å². The number of hydrogen-bond donors (Lipinski definition) is 1. The summed E-state index contributed by atoms with van der Waals surface area (Å²) in [5.41, 5.74) is 3.85. The average molecular weight is 309 g/mol. The van der Waals surface area contributed by atoms with E-state index in [1.807, 2.05) is 31.2 Å². The van der Waals surface area contributed by atoms with Crippen LogP contribution in [0.25, 0.3) is 0 Å². The summed E-state index contributed by atoms with van der Waals surface area (Å²) in [6.07, 6.45) is 2.73. The van der Waals surface area contributed by atoms with Gasteiger partial charge in [0.25, 0.3) is 0 Å². The van der Waals surface area contributed by atoms with Crippen molar-refractivity contribution >= 4 is 5.91 Å². The van der Waals surface area contributed by atoms with Gasteiger partial charge in [-0.25, -0.2) is 0 Å². The quantitative estimate of drug-likeness (QED) is 0.828. The first-order valence-corrected chi connectivity index (χ1v) is 8.27. The van der Waals surface area contributed by atoms with Crippen molar-refractivity contribution < 1.29 is 9.53 Å². The van der Waals surface area contributed by atoms with Crippen molar-refractivity contribution in [2.75, 3.05) is 13.2 Å². The number of fused-ring (bicyclic) bond motifs is 1. The molecule has 0 spiro atoms. The number of para-hydroxylation sites is 1. The van der Waals surface area contributed by atoms with Crippen LogP contribution in [0.4, 0.5) is 0 Å². The molecule has 0 aromatic heterocycles. The van der Waals surface area contributed by atoms with E-state index < -0.39 is 0 Å². The Morgan fingerprint density at radius 2 is 1.96 bits per heavy atom. The summed E-state index contributed by atoms with van der Waals surface area (Å²) in [6, 6.07) is 16.4. The summed E-state index contributed by atoms with van der Waals surface area (Å²) in [7, 11) is 0. The highest BCUT2D eigenvalue weighted by Crippen LogP contribution is 2.34. The second kappa shape index (κ2) is 7.32. The third-order valence-electron chi connectivity index (χ3n) is 4.46. The normalized spacial score (nSPS) is 16.0. The smallest absolute Gasteiger partial charge is 0.220 e. The lowest BCUT2D eigenvalue weighted by molar-refractivity contribution is -0.121. The molecule has 3 nitrogen and oxygen atoms in total. The van der Waals surface area contributed by atoms with Gasteiger partial charge in [0.15, 0.2) is 0 Å². The Morgan fingerprint density at radius 1 is 1.17 bits per heavy atom. The maximum Gasteiger partial charge on any atom is 0.220 e. The number of ether oxygens (including phenoxy) is 1. The molecule has 3 heteroatoms. The summed E-state index contributed by atoms with van der Waals surface area (Å²) in [4.78, 5) is 12.1. The zero-order valence-corrected chi connectivity index (χ0v) is 13.5. The summed E-state index contributed by atoms with van der Waals surface area (Å²) < 4.78 is 5.70. The monoisotopic (exact) mass is 309 g/mol. The van der Waals surface area contributed by atoms with Crippen LogP contribution in [-0.4, -0.2) is 19.1 Å². The van der Waals surface area contributed by atoms with Crippen LogP contribution in [0, 0.1) is 6.92 Å². The third kappa shape index (κ3) is 3.92. The number of carbonyl (C=O) groups excluding carboxylic acids is 1. The maximum atomic E-state index is 12.1. The van der Waals surface area contributed by atoms with E-state index in [-0.39, 0.29) is 5.91 Å². The summed E-state index contributed by atoms with van der Waals surface area (Å²) in [5, 5.41) is 2.97. The van der Waals surface area contributed by atoms with Crippen molar-refractivity contribution in [1.82, 2.24) is 5.32 Å². The van der Waals surface area contributed by atoms with Crippen LogP contribution in [0.15, 0.2) is 48.5 Å². The second-order valence-electron chi connectivity index (χ2n) is 6.10. The molecule has 23 heavy (non-hydrogen) atoms. The van der Waals surface area contributed by atoms with Gasteiger partial charge in [-0.05, 0) is 48.4 Å². The van der Waals surface area contributed by atoms with Crippen molar-refractivity contribution in [3.63, 3.8) is 0 Å². The van der Waals surface area contributed by atoms with Gasteiger partial charge in [-0.1, -0.05) is 42.5 Å². The number of hydrogen-bond acceptors (Lipinski definition) is 2. The minimum absolute atomic E-state index is 0.111. The molecule has 0 fully saturated rings. The van der Waals surface area contributed by atoms with Crippen LogP contribution in [0.3, 0.4) is 0 Å². The van der Waals surface area contributed by atoms with Gasteiger partial charge in [0, 0.05) is 6.42 Å². The molecule has 1 atom stereocenters. The first-order chi connectivity index (χ1) is 11.2. The zero-order valence-electron chi connectivity index (χ0n) is 13.5. The van der Waals surface area contributed by atoms with Crippen LogP contribution in [0.2, 0.25) is 0 Å². The van der Waals surface area contributed by atoms with Gasteiger partial charge in [0.05, 0.1) is 6.54 Å². The fraction of sp³-hybridized carbons (Fsp3) is 0.350. The van der Waals surface area contributed by atoms with Gasteiger partial charge in [-0.15, -0.1) is 0 Å². The topological polar surface area (TPSA) is 38.3 Å². The Hall–Kier alpha value is -2.29. The fourth-order valence-corrected chi connectivity index (χ4v) is 3.22. The predicted octanol–water partition coefficient (Wildman–Crippen LogP) is 3.61. The van der Waals surface area contributed by atoms with Gasteiger partial charge in [0.1, 0.15) is 12.4 Å². The van der Waals surface area contributed by atoms with Gasteiger partial charge in [-0.3, -0.25) is 4.79 Å². The Labute approximate surface area is 137 Å². The summed E-state index contributed by atoms with van der Waals surface area (Å²) in [5.74, 6) is 1.36. The molecule has 2 aromatic carbocycles. The number of rotatable bonds is 6. The minimum Gasteiger partial charge on any atom is -0.491 e. The Bertz CT molecular complexity index is 681. The first-order valence-electron chi connectivity index (χ1n) is 8.27. The van der Waals surface area contributed by atoms with E-state index >= 15 is 0 Å². The molecule has 1 N–H and O–H groups in total. The van der Waals surface area contributed by atoms with Crippen LogP contribution in [0.5, 0.6) is 5.75 Å². The summed E-state index contributed by atoms with van der Waals surface area (Å²) in [6.45, 7) is 3.06. The van der Waals surface area contributed by atoms with E-state index in [4.69, 9.17) is 4.74 Å². The maximum absolute atomic E-state index is 12.1. The minimum atomic E-state index is 0.111. The van der Waals surface area contributed by atoms with Crippen molar-refractivity contribution in [2.24, 2.45) is 0 Å². The molecule has 1 aliphatic rings. The second-order valence-corrected chi connectivity index (χ2v) is 6.10. The van der Waals surface area contributed by atoms with E-state index in [0.717, 1.165) is 24.2 Å². The average Bonchev–Trinajstić information content (AvgIpc) is 2.96. The van der Waals surface area contributed by atoms with Gasteiger partial charge in [0.2, 0.25) is 5.91 Å². The van der Waals surface area contributed by atoms with E-state index in [2.05, 4.69) is 29.6 Å². The van der Waals surface area contributed by atoms with E-state index in [1.165, 1.54) is 11.1 Å². The van der Waals surface area contributed by atoms with E-state index in [0.29, 0.717) is 25.5 Å². The van der Waals surface area contributed by atoms with Crippen LogP contribution >= 0.6 is 0 Å². The predicted molar refractivity (Wildman–Crippen MR) is 91.8 cm³/mol. The number of carbonyl (C=O) groups is 1. The van der Waals surface area contributed by atoms with Crippen LogP contribution in [0.1, 0.15) is 35.4 Å². The molecular formula is C20H23NO2. The van der Waals surface area contributed by atoms with E-state index in [9.17, 15) is 4.79 Å². The van der Waals surface area contributed by atoms with Crippen molar-refractivity contribution in [2.45, 2.75) is 32.1 Å². The molecule has 1 aliphatic carbocycles. The van der Waals surface area contributed by atoms with Gasteiger partial charge >= 0.3 is 0 Å². The Morgan fingerprint density at radius 3 is 2.83 bits per heavy atom. The molecule has 0 heterocycles. The number of amides is 1. The largest absolute Gasteiger partial charge is 0.491 e. The summed E-state index contributed by atoms with van der Waals surface area (Å²) >= 11 is 0. The standard InChI is InChI=1S/C20H23NO2/c1-15-6-2-5-9-19(15)23-13-12-21-20(22)14-17-11-10-16-7-3-4-8-18(16)17/h2-9,17H,10-14H2,1H3,(H,21,22). The van der Waals surface area contributed by atoms with Crippen molar-refractivity contribution in [3.05, 3.63) is 65.2 Å². The first kappa shape index (κ1) is 15.6. The molecule has 0 saturated heterocycles. The lowest BCUT2D eigenvalue weighted by atomic mass is 9.97. The molecule has 1 amide bonds. The van der Waals surface area contributed by atoms with Crippen LogP contribution < -0.4 is 10.1 Å². The van der Waals surface area contributed by atoms with Gasteiger partial charge in [-0.2, -0.15) is 0 Å². The third-order valence-corrected chi connectivity index (χ3v) is 4.46. The molecule has 2 aromatic rings. The molecule has 0 radical (unpaired) electrons. The highest BCUT2D eigenvalue weighted by atomic mass is 16.5. The molecule has 1 unspecified atom stereocenters. The number of aryl methyl sites for hydroxylation is 2. The Balaban J connectivity index is 1.42. The number of benzene rings is 2. The lowest BCUT2D eigenvalue weighted by Gasteiger charge is -2.13. The number of nitrogens with one attached hydrogen (secondary N) is 1. The van der Waals surface area contributed by atoms with Gasteiger partial charge < -0.3 is 10.1 Å². The molecule has 0 bridgehead atoms. The zero-order chi connectivity index (χ0) is 16.1. The molecular weight excluding hydrogens is 286 g/mol. The molecule has 3 rings (SSSR count). The molecule has 0 aliphatic heterocycles.